The SMILES string of the molecule is COC(F)(F)F.O=C(NO)C1(S(=O)c2ccc3nc(N4CCCC(Oc5ccccc5)CC4)sc3c2)CCOCC1. The first kappa shape index (κ1) is 31.2. The standard InChI is InChI=1S/C25H29N3O5S2.C2H3F3O/c29-23(27-30)25(11-15-32-16-12-25)35(31)20-8-9-21-22(17-20)34-24(26-21)28-13-4-7-19(10-14-28)33-18-5-2-1-3-6-18;1-6-2(3,4)5/h1-3,5-6,8-9,17,19,30H,4,7,10-16H2,(H,27,29);1H3. The average Bonchev–Trinajstić information content (AvgIpc) is 3.28. The van der Waals surface area contributed by atoms with E-state index in [2.05, 4.69) is 9.64 Å². The van der Waals surface area contributed by atoms with Crippen molar-refractivity contribution in [2.45, 2.75) is 54.2 Å². The summed E-state index contributed by atoms with van der Waals surface area (Å²) in [4.78, 5) is 20.2. The first-order chi connectivity index (χ1) is 19.6. The minimum atomic E-state index is -4.46. The van der Waals surface area contributed by atoms with Gasteiger partial charge in [-0.2, -0.15) is 0 Å². The molecule has 14 heteroatoms. The number of fused-ring (bicyclic) bond motifs is 1. The van der Waals surface area contributed by atoms with Crippen LogP contribution < -0.4 is 15.1 Å². The van der Waals surface area contributed by atoms with Crippen molar-refractivity contribution >= 4 is 43.4 Å². The Morgan fingerprint density at radius 1 is 1.17 bits per heavy atom. The lowest BCUT2D eigenvalue weighted by Crippen LogP contribution is -2.52. The van der Waals surface area contributed by atoms with Gasteiger partial charge in [-0.3, -0.25) is 18.9 Å². The van der Waals surface area contributed by atoms with Crippen molar-refractivity contribution in [3.8, 4) is 5.75 Å². The summed E-state index contributed by atoms with van der Waals surface area (Å²) in [7, 11) is -1.06. The van der Waals surface area contributed by atoms with Crippen molar-refractivity contribution in [1.82, 2.24) is 10.5 Å². The number of nitrogens with one attached hydrogen (secondary N) is 1. The molecule has 9 nitrogen and oxygen atoms in total. The number of rotatable bonds is 6. The van der Waals surface area contributed by atoms with Crippen molar-refractivity contribution in [2.75, 3.05) is 38.3 Å². The van der Waals surface area contributed by atoms with Crippen LogP contribution in [0.1, 0.15) is 32.1 Å². The Hall–Kier alpha value is -2.78. The minimum Gasteiger partial charge on any atom is -0.490 e. The van der Waals surface area contributed by atoms with Gasteiger partial charge in [0.05, 0.1) is 21.0 Å². The number of para-hydroxylation sites is 1. The van der Waals surface area contributed by atoms with Crippen molar-refractivity contribution in [3.05, 3.63) is 48.5 Å². The molecule has 1 aromatic heterocycles. The van der Waals surface area contributed by atoms with E-state index in [-0.39, 0.29) is 18.9 Å². The molecule has 2 unspecified atom stereocenters. The quantitative estimate of drug-likeness (QED) is 0.293. The van der Waals surface area contributed by atoms with Gasteiger partial charge in [0.15, 0.2) is 5.13 Å². The van der Waals surface area contributed by atoms with Crippen LogP contribution in [0.2, 0.25) is 0 Å². The van der Waals surface area contributed by atoms with Crippen molar-refractivity contribution in [3.63, 3.8) is 0 Å². The summed E-state index contributed by atoms with van der Waals surface area (Å²) in [5, 5.41) is 10.2. The number of alkyl halides is 3. The molecule has 0 aliphatic carbocycles. The summed E-state index contributed by atoms with van der Waals surface area (Å²) in [6.07, 6.45) is -0.766. The molecule has 3 aromatic rings. The molecule has 0 radical (unpaired) electrons. The number of halogens is 3. The largest absolute Gasteiger partial charge is 0.522 e. The molecule has 2 aliphatic heterocycles. The van der Waals surface area contributed by atoms with E-state index in [9.17, 15) is 27.4 Å². The predicted octanol–water partition coefficient (Wildman–Crippen LogP) is 5.05. The maximum atomic E-state index is 13.5. The topological polar surface area (TPSA) is 110 Å². The Balaban J connectivity index is 0.000000585. The molecule has 2 saturated heterocycles. The van der Waals surface area contributed by atoms with Gasteiger partial charge in [-0.25, -0.2) is 10.5 Å². The molecule has 1 amide bonds. The number of aromatic nitrogens is 1. The predicted molar refractivity (Wildman–Crippen MR) is 149 cm³/mol. The van der Waals surface area contributed by atoms with E-state index in [1.165, 1.54) is 0 Å². The lowest BCUT2D eigenvalue weighted by atomic mass is 9.98. The van der Waals surface area contributed by atoms with Crippen LogP contribution in [0, 0.1) is 0 Å². The normalized spacial score (nSPS) is 19.9. The summed E-state index contributed by atoms with van der Waals surface area (Å²) < 4.78 is 59.5. The zero-order chi connectivity index (χ0) is 29.5. The molecule has 2 aliphatic rings. The Morgan fingerprint density at radius 2 is 1.88 bits per heavy atom. The van der Waals surface area contributed by atoms with Crippen molar-refractivity contribution < 1.29 is 41.6 Å². The monoisotopic (exact) mass is 615 g/mol. The third-order valence-corrected chi connectivity index (χ3v) is 10.0. The number of hydroxylamine groups is 1. The van der Waals surface area contributed by atoms with Gasteiger partial charge in [-0.15, -0.1) is 13.2 Å². The number of nitrogens with zero attached hydrogens (tertiary/aromatic N) is 2. The van der Waals surface area contributed by atoms with E-state index in [1.54, 1.807) is 22.9 Å². The molecule has 3 heterocycles. The zero-order valence-corrected chi connectivity index (χ0v) is 24.0. The molecule has 41 heavy (non-hydrogen) atoms. The summed E-state index contributed by atoms with van der Waals surface area (Å²) >= 11 is 1.57. The number of hydrogen-bond acceptors (Lipinski definition) is 9. The average molecular weight is 616 g/mol. The fraction of sp³-hybridized carbons (Fsp3) is 0.481. The first-order valence-corrected chi connectivity index (χ1v) is 15.0. The highest BCUT2D eigenvalue weighted by Gasteiger charge is 2.46. The Kier molecular flexibility index (Phi) is 10.6. The molecule has 0 bridgehead atoms. The summed E-state index contributed by atoms with van der Waals surface area (Å²) in [6.45, 7) is 2.43. The molecular weight excluding hydrogens is 583 g/mol. The number of anilines is 1. The number of thiazole rings is 1. The highest BCUT2D eigenvalue weighted by Crippen LogP contribution is 2.36. The van der Waals surface area contributed by atoms with Crippen LogP contribution in [0.25, 0.3) is 10.2 Å². The molecule has 0 saturated carbocycles. The number of carbonyl (C=O) groups excluding carboxylic acids is 1. The van der Waals surface area contributed by atoms with E-state index < -0.39 is 27.8 Å². The highest BCUT2D eigenvalue weighted by atomic mass is 32.2. The van der Waals surface area contributed by atoms with Gasteiger partial charge in [0.25, 0.3) is 5.91 Å². The minimum absolute atomic E-state index is 0.180. The molecule has 2 fully saturated rings. The molecule has 2 aromatic carbocycles. The van der Waals surface area contributed by atoms with E-state index in [0.717, 1.165) is 53.4 Å². The number of methoxy groups -OCH3 is 1. The van der Waals surface area contributed by atoms with Gasteiger partial charge in [0.2, 0.25) is 0 Å². The molecule has 0 spiro atoms. The van der Waals surface area contributed by atoms with Gasteiger partial charge >= 0.3 is 6.36 Å². The smallest absolute Gasteiger partial charge is 0.490 e. The maximum absolute atomic E-state index is 13.5. The second-order valence-corrected chi connectivity index (χ2v) is 12.4. The van der Waals surface area contributed by atoms with Crippen LogP contribution in [0.5, 0.6) is 5.75 Å². The Labute approximate surface area is 242 Å². The maximum Gasteiger partial charge on any atom is 0.522 e. The first-order valence-electron chi connectivity index (χ1n) is 13.1. The van der Waals surface area contributed by atoms with Gasteiger partial charge in [0.1, 0.15) is 16.6 Å². The number of carbonyl (C=O) groups is 1. The number of hydrogen-bond donors (Lipinski definition) is 2. The summed E-state index contributed by atoms with van der Waals surface area (Å²) in [5.74, 6) is 0.282. The highest BCUT2D eigenvalue weighted by molar-refractivity contribution is 7.87. The fourth-order valence-electron chi connectivity index (χ4n) is 4.74. The number of amides is 1. The van der Waals surface area contributed by atoms with Crippen LogP contribution >= 0.6 is 11.3 Å². The fourth-order valence-corrected chi connectivity index (χ4v) is 7.49. The molecule has 2 N–H and O–H groups in total. The van der Waals surface area contributed by atoms with Crippen LogP contribution in [0.15, 0.2) is 53.4 Å². The summed E-state index contributed by atoms with van der Waals surface area (Å²) in [6, 6.07) is 15.5. The van der Waals surface area contributed by atoms with Crippen molar-refractivity contribution in [2.24, 2.45) is 0 Å². The third kappa shape index (κ3) is 7.95. The lowest BCUT2D eigenvalue weighted by molar-refractivity contribution is -0.311. The van der Waals surface area contributed by atoms with E-state index in [0.29, 0.717) is 25.2 Å². The molecule has 224 valence electrons. The van der Waals surface area contributed by atoms with Gasteiger partial charge in [0, 0.05) is 44.7 Å². The Bertz CT molecular complexity index is 1320. The Morgan fingerprint density at radius 3 is 2.54 bits per heavy atom. The molecule has 2 atom stereocenters. The molecular formula is C27H32F3N3O6S2. The van der Waals surface area contributed by atoms with Crippen LogP contribution in [0.4, 0.5) is 18.3 Å². The van der Waals surface area contributed by atoms with Gasteiger partial charge < -0.3 is 14.4 Å². The van der Waals surface area contributed by atoms with E-state index in [1.807, 2.05) is 42.5 Å². The van der Waals surface area contributed by atoms with Gasteiger partial charge in [-0.05, 0) is 56.0 Å². The second kappa shape index (κ2) is 13.9. The number of benzene rings is 2. The van der Waals surface area contributed by atoms with Crippen LogP contribution in [0.3, 0.4) is 0 Å². The van der Waals surface area contributed by atoms with E-state index >= 15 is 0 Å². The zero-order valence-electron chi connectivity index (χ0n) is 22.4. The molecule has 5 rings (SSSR count). The van der Waals surface area contributed by atoms with Gasteiger partial charge in [-0.1, -0.05) is 29.5 Å². The third-order valence-electron chi connectivity index (χ3n) is 6.96. The second-order valence-electron chi connectivity index (χ2n) is 9.56. The number of ether oxygens (including phenoxy) is 3. The summed E-state index contributed by atoms with van der Waals surface area (Å²) in [5.41, 5.74) is 2.57. The lowest BCUT2D eigenvalue weighted by Gasteiger charge is -2.33. The van der Waals surface area contributed by atoms with Crippen LogP contribution in [-0.2, 0) is 25.1 Å². The van der Waals surface area contributed by atoms with Crippen molar-refractivity contribution in [1.29, 1.82) is 0 Å². The van der Waals surface area contributed by atoms with E-state index in [4.69, 9.17) is 14.5 Å². The van der Waals surface area contributed by atoms with Crippen LogP contribution in [-0.4, -0.2) is 70.9 Å².